The Kier molecular flexibility index (Phi) is 6.24. The van der Waals surface area contributed by atoms with Gasteiger partial charge in [-0.05, 0) is 37.5 Å². The number of aryl methyl sites for hydroxylation is 1. The van der Waals surface area contributed by atoms with Gasteiger partial charge in [-0.2, -0.15) is 4.98 Å². The normalized spacial score (nSPS) is 22.7. The number of carbonyl (C=O) groups is 1. The number of benzene rings is 1. The van der Waals surface area contributed by atoms with Gasteiger partial charge < -0.3 is 20.5 Å². The number of hydrogen-bond donors (Lipinski definition) is 3. The molecule has 5 rings (SSSR count). The lowest BCUT2D eigenvalue weighted by molar-refractivity contribution is 0.000889. The Morgan fingerprint density at radius 1 is 1.26 bits per heavy atom. The van der Waals surface area contributed by atoms with Crippen molar-refractivity contribution in [2.24, 2.45) is 0 Å². The number of aliphatic hydroxyl groups is 1. The minimum Gasteiger partial charge on any atom is -0.393 e. The summed E-state index contributed by atoms with van der Waals surface area (Å²) < 4.78 is 7.13. The Bertz CT molecular complexity index is 1190. The molecule has 1 aromatic carbocycles. The van der Waals surface area contributed by atoms with Crippen LogP contribution in [0.2, 0.25) is 5.02 Å². The molecule has 1 saturated carbocycles. The van der Waals surface area contributed by atoms with Gasteiger partial charge in [0.1, 0.15) is 17.8 Å². The molecule has 9 nitrogen and oxygen atoms in total. The third-order valence-electron chi connectivity index (χ3n) is 6.46. The highest BCUT2D eigenvalue weighted by atomic mass is 35.5. The third kappa shape index (κ3) is 4.64. The number of anilines is 1. The summed E-state index contributed by atoms with van der Waals surface area (Å²) in [6.07, 6.45) is 7.18. The average molecular weight is 483 g/mol. The molecule has 2 fully saturated rings. The van der Waals surface area contributed by atoms with Crippen LogP contribution in [0.15, 0.2) is 43.0 Å². The van der Waals surface area contributed by atoms with E-state index in [2.05, 4.69) is 25.6 Å². The van der Waals surface area contributed by atoms with Crippen LogP contribution >= 0.6 is 11.6 Å². The number of aliphatic hydroxyl groups excluding tert-OH is 1. The predicted molar refractivity (Wildman–Crippen MR) is 127 cm³/mol. The van der Waals surface area contributed by atoms with Crippen molar-refractivity contribution in [1.82, 2.24) is 24.8 Å². The molecular formula is C24H27ClN6O3. The van der Waals surface area contributed by atoms with Crippen LogP contribution < -0.4 is 10.6 Å². The summed E-state index contributed by atoms with van der Waals surface area (Å²) in [5, 5.41) is 17.0. The molecule has 1 saturated heterocycles. The van der Waals surface area contributed by atoms with Crippen molar-refractivity contribution in [3.05, 3.63) is 64.8 Å². The van der Waals surface area contributed by atoms with Gasteiger partial charge in [-0.15, -0.1) is 0 Å². The van der Waals surface area contributed by atoms with Crippen LogP contribution in [0.25, 0.3) is 5.82 Å². The highest BCUT2D eigenvalue weighted by molar-refractivity contribution is 6.30. The van der Waals surface area contributed by atoms with Crippen LogP contribution in [-0.2, 0) is 10.3 Å². The van der Waals surface area contributed by atoms with Crippen LogP contribution in [0.5, 0.6) is 0 Å². The van der Waals surface area contributed by atoms with Crippen molar-refractivity contribution < 1.29 is 14.6 Å². The first-order chi connectivity index (χ1) is 16.4. The Labute approximate surface area is 202 Å². The number of rotatable bonds is 6. The van der Waals surface area contributed by atoms with Crippen molar-refractivity contribution >= 4 is 23.5 Å². The Balaban J connectivity index is 1.34. The van der Waals surface area contributed by atoms with Gasteiger partial charge >= 0.3 is 0 Å². The molecule has 0 radical (unpaired) electrons. The highest BCUT2D eigenvalue weighted by Crippen LogP contribution is 2.42. The molecule has 2 aliphatic rings. The van der Waals surface area contributed by atoms with Gasteiger partial charge in [-0.1, -0.05) is 23.7 Å². The molecule has 1 aliphatic carbocycles. The second-order valence-electron chi connectivity index (χ2n) is 9.01. The van der Waals surface area contributed by atoms with Crippen LogP contribution in [0.1, 0.15) is 47.3 Å². The summed E-state index contributed by atoms with van der Waals surface area (Å²) in [7, 11) is 0. The Morgan fingerprint density at radius 2 is 2.06 bits per heavy atom. The van der Waals surface area contributed by atoms with E-state index in [0.29, 0.717) is 29.6 Å². The van der Waals surface area contributed by atoms with Gasteiger partial charge in [-0.25, -0.2) is 9.97 Å². The van der Waals surface area contributed by atoms with E-state index in [9.17, 15) is 9.90 Å². The summed E-state index contributed by atoms with van der Waals surface area (Å²) >= 11 is 6.17. The number of imidazole rings is 1. The molecule has 3 heterocycles. The monoisotopic (exact) mass is 482 g/mol. The Hall–Kier alpha value is -3.01. The minimum absolute atomic E-state index is 0.264. The number of halogens is 1. The highest BCUT2D eigenvalue weighted by Gasteiger charge is 2.46. The van der Waals surface area contributed by atoms with E-state index in [-0.39, 0.29) is 17.6 Å². The second kappa shape index (κ2) is 9.32. The molecule has 34 heavy (non-hydrogen) atoms. The Morgan fingerprint density at radius 3 is 2.79 bits per heavy atom. The number of amides is 1. The van der Waals surface area contributed by atoms with Gasteiger partial charge in [0.2, 0.25) is 5.95 Å². The SMILES string of the molecule is Cc1cnc(NC2CCOCC2)nc1-n1cnc(C(=O)N[C@]2(c3cccc(Cl)c3)C[C@@H](O)C2)c1. The molecule has 1 amide bonds. The summed E-state index contributed by atoms with van der Waals surface area (Å²) in [5.74, 6) is 0.869. The van der Waals surface area contributed by atoms with E-state index >= 15 is 0 Å². The molecule has 0 unspecified atom stereocenters. The van der Waals surface area contributed by atoms with Crippen molar-refractivity contribution in [2.75, 3.05) is 18.5 Å². The summed E-state index contributed by atoms with van der Waals surface area (Å²) in [6.45, 7) is 3.37. The molecule has 0 spiro atoms. The van der Waals surface area contributed by atoms with E-state index in [1.165, 1.54) is 0 Å². The first kappa shape index (κ1) is 22.8. The molecule has 0 atom stereocenters. The zero-order chi connectivity index (χ0) is 23.7. The standard InChI is InChI=1S/C24H27ClN6O3/c1-15-12-26-23(28-18-5-7-34-8-6-18)29-21(15)31-13-20(27-14-31)22(33)30-24(10-19(32)11-24)16-3-2-4-17(25)9-16/h2-4,9,12-14,18-19,32H,5-8,10-11H2,1H3,(H,30,33)(H,26,28,29)/t19-,24-. The number of nitrogens with one attached hydrogen (secondary N) is 2. The summed E-state index contributed by atoms with van der Waals surface area (Å²) in [6, 6.07) is 7.63. The van der Waals surface area contributed by atoms with Gasteiger partial charge in [0, 0.05) is 55.1 Å². The molecule has 3 N–H and O–H groups in total. The van der Waals surface area contributed by atoms with E-state index in [0.717, 1.165) is 37.2 Å². The molecular weight excluding hydrogens is 456 g/mol. The van der Waals surface area contributed by atoms with Crippen molar-refractivity contribution in [3.63, 3.8) is 0 Å². The van der Waals surface area contributed by atoms with E-state index in [1.54, 1.807) is 29.4 Å². The number of aromatic nitrogens is 4. The smallest absolute Gasteiger partial charge is 0.272 e. The maximum Gasteiger partial charge on any atom is 0.272 e. The van der Waals surface area contributed by atoms with Crippen LogP contribution in [0.4, 0.5) is 5.95 Å². The zero-order valence-electron chi connectivity index (χ0n) is 18.9. The maximum atomic E-state index is 13.1. The lowest BCUT2D eigenvalue weighted by atomic mass is 9.69. The predicted octanol–water partition coefficient (Wildman–Crippen LogP) is 3.00. The third-order valence-corrected chi connectivity index (χ3v) is 6.69. The van der Waals surface area contributed by atoms with Crippen molar-refractivity contribution in [3.8, 4) is 5.82 Å². The van der Waals surface area contributed by atoms with Gasteiger partial charge in [-0.3, -0.25) is 9.36 Å². The first-order valence-electron chi connectivity index (χ1n) is 11.4. The molecule has 0 bridgehead atoms. The van der Waals surface area contributed by atoms with Crippen LogP contribution in [0.3, 0.4) is 0 Å². The molecule has 10 heteroatoms. The van der Waals surface area contributed by atoms with Crippen LogP contribution in [-0.4, -0.2) is 55.9 Å². The molecule has 178 valence electrons. The summed E-state index contributed by atoms with van der Waals surface area (Å²) in [4.78, 5) is 26.5. The van der Waals surface area contributed by atoms with E-state index in [4.69, 9.17) is 16.3 Å². The number of nitrogens with zero attached hydrogens (tertiary/aromatic N) is 4. The first-order valence-corrected chi connectivity index (χ1v) is 11.8. The number of ether oxygens (including phenoxy) is 1. The fourth-order valence-electron chi connectivity index (χ4n) is 4.57. The quantitative estimate of drug-likeness (QED) is 0.494. The topological polar surface area (TPSA) is 114 Å². The van der Waals surface area contributed by atoms with Gasteiger partial charge in [0.05, 0.1) is 11.6 Å². The van der Waals surface area contributed by atoms with Crippen LogP contribution in [0, 0.1) is 6.92 Å². The summed E-state index contributed by atoms with van der Waals surface area (Å²) in [5.41, 5.74) is 1.32. The minimum atomic E-state index is -0.670. The maximum absolute atomic E-state index is 13.1. The lowest BCUT2D eigenvalue weighted by Crippen LogP contribution is -2.56. The fraction of sp³-hybridized carbons (Fsp3) is 0.417. The number of hydrogen-bond acceptors (Lipinski definition) is 7. The fourth-order valence-corrected chi connectivity index (χ4v) is 4.76. The second-order valence-corrected chi connectivity index (χ2v) is 9.44. The molecule has 1 aliphatic heterocycles. The van der Waals surface area contributed by atoms with Gasteiger partial charge in [0.15, 0.2) is 0 Å². The van der Waals surface area contributed by atoms with E-state index < -0.39 is 11.6 Å². The number of carbonyl (C=O) groups excluding carboxylic acids is 1. The van der Waals surface area contributed by atoms with Crippen molar-refractivity contribution in [1.29, 1.82) is 0 Å². The van der Waals surface area contributed by atoms with Gasteiger partial charge in [0.25, 0.3) is 5.91 Å². The molecule has 2 aromatic heterocycles. The molecule has 3 aromatic rings. The van der Waals surface area contributed by atoms with Crippen molar-refractivity contribution in [2.45, 2.75) is 50.3 Å². The van der Waals surface area contributed by atoms with E-state index in [1.807, 2.05) is 25.1 Å². The average Bonchev–Trinajstić information content (AvgIpc) is 3.30. The zero-order valence-corrected chi connectivity index (χ0v) is 19.6. The largest absolute Gasteiger partial charge is 0.393 e. The lowest BCUT2D eigenvalue weighted by Gasteiger charge is -2.46.